The number of esters is 1. The number of ether oxygens (including phenoxy) is 6. The van der Waals surface area contributed by atoms with Crippen molar-refractivity contribution in [3.63, 3.8) is 0 Å². The summed E-state index contributed by atoms with van der Waals surface area (Å²) in [6.45, 7) is 3.59. The van der Waals surface area contributed by atoms with Crippen LogP contribution >= 0.6 is 0 Å². The molecule has 14 nitrogen and oxygen atoms in total. The predicted molar refractivity (Wildman–Crippen MR) is 302 cm³/mol. The maximum atomic E-state index is 13.1. The molecule has 2 fully saturated rings. The molecule has 0 saturated carbocycles. The molecular formula is C62H110O14. The Labute approximate surface area is 460 Å². The van der Waals surface area contributed by atoms with Crippen LogP contribution in [0.2, 0.25) is 0 Å². The molecule has 0 spiro atoms. The largest absolute Gasteiger partial charge is 0.457 e. The fourth-order valence-electron chi connectivity index (χ4n) is 9.43. The lowest BCUT2D eigenvalue weighted by atomic mass is 9.98. The molecule has 7 N–H and O–H groups in total. The monoisotopic (exact) mass is 1080 g/mol. The molecule has 442 valence electrons. The van der Waals surface area contributed by atoms with E-state index >= 15 is 0 Å². The topological polar surface area (TPSA) is 214 Å². The van der Waals surface area contributed by atoms with Gasteiger partial charge in [-0.3, -0.25) is 4.79 Å². The number of hydrogen-bond donors (Lipinski definition) is 7. The Kier molecular flexibility index (Phi) is 44.6. The Morgan fingerprint density at radius 2 is 0.855 bits per heavy atom. The van der Waals surface area contributed by atoms with Gasteiger partial charge in [-0.15, -0.1) is 0 Å². The van der Waals surface area contributed by atoms with Gasteiger partial charge in [-0.1, -0.05) is 222 Å². The van der Waals surface area contributed by atoms with Gasteiger partial charge in [0.05, 0.1) is 26.4 Å². The van der Waals surface area contributed by atoms with Gasteiger partial charge < -0.3 is 64.2 Å². The lowest BCUT2D eigenvalue weighted by Crippen LogP contribution is -2.61. The molecule has 0 aromatic heterocycles. The molecule has 11 atom stereocenters. The molecule has 76 heavy (non-hydrogen) atoms. The van der Waals surface area contributed by atoms with Crippen molar-refractivity contribution in [2.75, 3.05) is 33.0 Å². The Hall–Kier alpha value is -2.31. The highest BCUT2D eigenvalue weighted by Crippen LogP contribution is 2.27. The van der Waals surface area contributed by atoms with E-state index in [2.05, 4.69) is 74.6 Å². The third-order valence-corrected chi connectivity index (χ3v) is 14.3. The van der Waals surface area contributed by atoms with E-state index in [0.717, 1.165) is 83.5 Å². The first-order valence-electron chi connectivity index (χ1n) is 30.4. The van der Waals surface area contributed by atoms with Crippen molar-refractivity contribution in [3.8, 4) is 0 Å². The molecule has 0 amide bonds. The van der Waals surface area contributed by atoms with Crippen LogP contribution in [0.4, 0.5) is 0 Å². The number of aliphatic hydroxyl groups excluding tert-OH is 7. The molecule has 0 radical (unpaired) electrons. The minimum absolute atomic E-state index is 0.0576. The first-order valence-corrected chi connectivity index (χ1v) is 30.4. The minimum Gasteiger partial charge on any atom is -0.457 e. The number of unbranched alkanes of at least 4 members (excludes halogenated alkanes) is 25. The van der Waals surface area contributed by atoms with Gasteiger partial charge in [0.1, 0.15) is 54.9 Å². The van der Waals surface area contributed by atoms with Crippen molar-refractivity contribution in [2.45, 2.75) is 293 Å². The summed E-state index contributed by atoms with van der Waals surface area (Å²) in [5, 5.41) is 72.4. The van der Waals surface area contributed by atoms with E-state index in [1.807, 2.05) is 0 Å². The zero-order valence-corrected chi connectivity index (χ0v) is 47.5. The maximum absolute atomic E-state index is 13.1. The minimum atomic E-state index is -1.71. The number of allylic oxidation sites excluding steroid dienone is 10. The van der Waals surface area contributed by atoms with E-state index < -0.39 is 80.7 Å². The van der Waals surface area contributed by atoms with Crippen LogP contribution in [0.3, 0.4) is 0 Å². The number of carbonyl (C=O) groups excluding carboxylic acids is 1. The SMILES string of the molecule is CC/C=C\C/C=C\C/C=C\C/C=C\C/C=C\CCCCCCCCCC(=O)OC(COCCCCCCCCCCCCCCCCCCCCC)COC1OC(COC2OC(CO)C(O)C(O)C2O)C(O)C(O)C1O. The summed E-state index contributed by atoms with van der Waals surface area (Å²) in [5.74, 6) is -0.385. The summed E-state index contributed by atoms with van der Waals surface area (Å²) in [6.07, 6.45) is 44.2. The quantitative estimate of drug-likeness (QED) is 0.0172. The van der Waals surface area contributed by atoms with Crippen molar-refractivity contribution in [1.82, 2.24) is 0 Å². The molecule has 0 aromatic rings. The summed E-state index contributed by atoms with van der Waals surface area (Å²) < 4.78 is 34.4. The second-order valence-electron chi connectivity index (χ2n) is 21.2. The summed E-state index contributed by atoms with van der Waals surface area (Å²) in [7, 11) is 0. The average Bonchev–Trinajstić information content (AvgIpc) is 3.42. The number of aliphatic hydroxyl groups is 7. The highest BCUT2D eigenvalue weighted by molar-refractivity contribution is 5.69. The molecule has 0 aromatic carbocycles. The van der Waals surface area contributed by atoms with Gasteiger partial charge in [-0.05, 0) is 57.8 Å². The fraction of sp³-hybridized carbons (Fsp3) is 0.823. The van der Waals surface area contributed by atoms with E-state index in [0.29, 0.717) is 13.0 Å². The molecule has 2 aliphatic heterocycles. The van der Waals surface area contributed by atoms with Gasteiger partial charge in [-0.25, -0.2) is 0 Å². The molecule has 0 bridgehead atoms. The van der Waals surface area contributed by atoms with Crippen molar-refractivity contribution in [3.05, 3.63) is 60.8 Å². The lowest BCUT2D eigenvalue weighted by Gasteiger charge is -2.42. The second-order valence-corrected chi connectivity index (χ2v) is 21.2. The van der Waals surface area contributed by atoms with Crippen molar-refractivity contribution >= 4 is 5.97 Å². The van der Waals surface area contributed by atoms with E-state index in [4.69, 9.17) is 28.4 Å². The molecule has 11 unspecified atom stereocenters. The molecule has 2 rings (SSSR count). The number of carbonyl (C=O) groups is 1. The third-order valence-electron chi connectivity index (χ3n) is 14.3. The van der Waals surface area contributed by atoms with Crippen LogP contribution in [0, 0.1) is 0 Å². The molecule has 14 heteroatoms. The van der Waals surface area contributed by atoms with Gasteiger partial charge in [0, 0.05) is 13.0 Å². The van der Waals surface area contributed by atoms with Crippen LogP contribution in [0.25, 0.3) is 0 Å². The number of hydrogen-bond acceptors (Lipinski definition) is 14. The number of rotatable bonds is 49. The average molecular weight is 1080 g/mol. The summed E-state index contributed by atoms with van der Waals surface area (Å²) in [6, 6.07) is 0. The molecule has 2 aliphatic rings. The van der Waals surface area contributed by atoms with Crippen LogP contribution in [0.5, 0.6) is 0 Å². The Balaban J connectivity index is 1.70. The molecule has 0 aliphatic carbocycles. The summed E-state index contributed by atoms with van der Waals surface area (Å²) in [5.41, 5.74) is 0. The first kappa shape index (κ1) is 69.8. The van der Waals surface area contributed by atoms with Crippen LogP contribution in [0.1, 0.15) is 226 Å². The Morgan fingerprint density at radius 3 is 1.34 bits per heavy atom. The van der Waals surface area contributed by atoms with E-state index in [1.54, 1.807) is 0 Å². The standard InChI is InChI=1S/C62H110O14/c1-3-5-7-9-11-13-15-17-19-21-23-24-25-26-27-29-31-33-35-37-39-41-43-45-54(64)74-51(48-71-46-44-42-40-38-36-34-32-30-28-22-20-18-16-14-12-10-8-6-4-2)49-72-61-60(70)58(68)56(66)53(76-61)50-73-62-59(69)57(67)55(65)52(47-63)75-62/h5,7,11,13,17,19,23-24,26-27,51-53,55-63,65-70H,3-4,6,8-10,12,14-16,18,20-22,25,28-50H2,1-2H3/b7-5-,13-11-,19-17-,24-23-,27-26-. The van der Waals surface area contributed by atoms with Crippen molar-refractivity contribution in [1.29, 1.82) is 0 Å². The normalized spacial score (nSPS) is 24.9. The van der Waals surface area contributed by atoms with E-state index in [1.165, 1.54) is 116 Å². The summed E-state index contributed by atoms with van der Waals surface area (Å²) >= 11 is 0. The smallest absolute Gasteiger partial charge is 0.306 e. The summed E-state index contributed by atoms with van der Waals surface area (Å²) in [4.78, 5) is 13.1. The van der Waals surface area contributed by atoms with E-state index in [9.17, 15) is 40.5 Å². The predicted octanol–water partition coefficient (Wildman–Crippen LogP) is 11.2. The molecule has 2 saturated heterocycles. The van der Waals surface area contributed by atoms with Gasteiger partial charge >= 0.3 is 5.97 Å². The van der Waals surface area contributed by atoms with Crippen LogP contribution in [-0.2, 0) is 33.2 Å². The lowest BCUT2D eigenvalue weighted by molar-refractivity contribution is -0.332. The van der Waals surface area contributed by atoms with E-state index in [-0.39, 0.29) is 25.6 Å². The fourth-order valence-corrected chi connectivity index (χ4v) is 9.43. The van der Waals surface area contributed by atoms with Gasteiger partial charge in [-0.2, -0.15) is 0 Å². The molecule has 2 heterocycles. The van der Waals surface area contributed by atoms with Crippen molar-refractivity contribution in [2.24, 2.45) is 0 Å². The zero-order valence-electron chi connectivity index (χ0n) is 47.5. The second kappa shape index (κ2) is 48.6. The van der Waals surface area contributed by atoms with Crippen LogP contribution in [-0.4, -0.2) is 142 Å². The molecular weight excluding hydrogens is 969 g/mol. The third kappa shape index (κ3) is 34.6. The Bertz CT molecular complexity index is 1490. The zero-order chi connectivity index (χ0) is 55.1. The first-order chi connectivity index (χ1) is 37.1. The van der Waals surface area contributed by atoms with Gasteiger partial charge in [0.2, 0.25) is 0 Å². The van der Waals surface area contributed by atoms with Crippen LogP contribution in [0.15, 0.2) is 60.8 Å². The van der Waals surface area contributed by atoms with Crippen LogP contribution < -0.4 is 0 Å². The maximum Gasteiger partial charge on any atom is 0.306 e. The van der Waals surface area contributed by atoms with Gasteiger partial charge in [0.25, 0.3) is 0 Å². The highest BCUT2D eigenvalue weighted by Gasteiger charge is 2.47. The highest BCUT2D eigenvalue weighted by atomic mass is 16.7. The van der Waals surface area contributed by atoms with Gasteiger partial charge in [0.15, 0.2) is 12.6 Å². The van der Waals surface area contributed by atoms with Crippen molar-refractivity contribution < 1.29 is 69.0 Å². The Morgan fingerprint density at radius 1 is 0.447 bits per heavy atom.